The molecule has 10 heteroatoms. The molecule has 10 nitrogen and oxygen atoms in total. The van der Waals surface area contributed by atoms with Gasteiger partial charge in [0, 0.05) is 38.9 Å². The average Bonchev–Trinajstić information content (AvgIpc) is 3.21. The van der Waals surface area contributed by atoms with Crippen molar-refractivity contribution >= 4 is 17.9 Å². The highest BCUT2D eigenvalue weighted by atomic mass is 16.5. The number of pyridine rings is 1. The second-order valence-electron chi connectivity index (χ2n) is 7.91. The van der Waals surface area contributed by atoms with Crippen LogP contribution >= 0.6 is 0 Å². The summed E-state index contributed by atoms with van der Waals surface area (Å²) in [6.07, 6.45) is 2.37. The SMILES string of the molecule is N#Cc1ccc(N2CCN(C(=O)N3CC(OC[C@@H]4CCCN4C(=O)O)C3)CC2)nc1. The molecule has 1 aromatic rings. The number of aromatic nitrogens is 1. The van der Waals surface area contributed by atoms with Crippen LogP contribution in [0.2, 0.25) is 0 Å². The van der Waals surface area contributed by atoms with Crippen molar-refractivity contribution in [1.29, 1.82) is 5.26 Å². The van der Waals surface area contributed by atoms with Crippen molar-refractivity contribution < 1.29 is 19.4 Å². The molecule has 3 saturated heterocycles. The van der Waals surface area contributed by atoms with Crippen molar-refractivity contribution in [2.24, 2.45) is 0 Å². The monoisotopic (exact) mass is 414 g/mol. The van der Waals surface area contributed by atoms with Crippen LogP contribution in [0.15, 0.2) is 18.3 Å². The summed E-state index contributed by atoms with van der Waals surface area (Å²) in [5, 5.41) is 18.1. The van der Waals surface area contributed by atoms with Gasteiger partial charge in [0.1, 0.15) is 11.9 Å². The van der Waals surface area contributed by atoms with Crippen molar-refractivity contribution in [2.45, 2.75) is 25.0 Å². The highest BCUT2D eigenvalue weighted by molar-refractivity contribution is 5.75. The first-order valence-electron chi connectivity index (χ1n) is 10.3. The Morgan fingerprint density at radius 2 is 1.93 bits per heavy atom. The fourth-order valence-corrected chi connectivity index (χ4v) is 4.17. The van der Waals surface area contributed by atoms with Crippen LogP contribution in [0.5, 0.6) is 0 Å². The summed E-state index contributed by atoms with van der Waals surface area (Å²) < 4.78 is 5.85. The van der Waals surface area contributed by atoms with Crippen LogP contribution in [0.1, 0.15) is 18.4 Å². The second-order valence-corrected chi connectivity index (χ2v) is 7.91. The summed E-state index contributed by atoms with van der Waals surface area (Å²) in [7, 11) is 0. The van der Waals surface area contributed by atoms with E-state index in [0.29, 0.717) is 58.0 Å². The van der Waals surface area contributed by atoms with Gasteiger partial charge in [0.25, 0.3) is 0 Å². The summed E-state index contributed by atoms with van der Waals surface area (Å²) in [5.74, 6) is 0.820. The van der Waals surface area contributed by atoms with Crippen LogP contribution in [-0.4, -0.2) is 101 Å². The third-order valence-corrected chi connectivity index (χ3v) is 6.02. The minimum atomic E-state index is -0.887. The van der Waals surface area contributed by atoms with E-state index in [2.05, 4.69) is 16.0 Å². The molecule has 4 heterocycles. The molecule has 0 saturated carbocycles. The van der Waals surface area contributed by atoms with Gasteiger partial charge in [0.2, 0.25) is 0 Å². The number of likely N-dealkylation sites (tertiary alicyclic amines) is 2. The van der Waals surface area contributed by atoms with E-state index in [1.165, 1.54) is 4.90 Å². The zero-order chi connectivity index (χ0) is 21.1. The van der Waals surface area contributed by atoms with Crippen molar-refractivity contribution in [3.8, 4) is 6.07 Å². The highest BCUT2D eigenvalue weighted by Crippen LogP contribution is 2.21. The molecule has 0 spiro atoms. The van der Waals surface area contributed by atoms with Crippen molar-refractivity contribution in [2.75, 3.05) is 57.3 Å². The third-order valence-electron chi connectivity index (χ3n) is 6.02. The molecule has 1 aromatic heterocycles. The molecule has 3 amide bonds. The fraction of sp³-hybridized carbons (Fsp3) is 0.600. The van der Waals surface area contributed by atoms with Crippen LogP contribution in [0.25, 0.3) is 0 Å². The van der Waals surface area contributed by atoms with E-state index in [-0.39, 0.29) is 18.2 Å². The van der Waals surface area contributed by atoms with Crippen molar-refractivity contribution in [3.05, 3.63) is 23.9 Å². The van der Waals surface area contributed by atoms with Crippen LogP contribution < -0.4 is 4.90 Å². The van der Waals surface area contributed by atoms with E-state index in [4.69, 9.17) is 10.00 Å². The first-order chi connectivity index (χ1) is 14.5. The highest BCUT2D eigenvalue weighted by Gasteiger charge is 2.36. The van der Waals surface area contributed by atoms with Gasteiger partial charge in [0.15, 0.2) is 0 Å². The molecule has 1 atom stereocenters. The lowest BCUT2D eigenvalue weighted by molar-refractivity contribution is -0.0546. The molecule has 0 radical (unpaired) electrons. The molecule has 160 valence electrons. The Hall–Kier alpha value is -3.06. The molecule has 0 aliphatic carbocycles. The van der Waals surface area contributed by atoms with Gasteiger partial charge in [-0.25, -0.2) is 14.6 Å². The lowest BCUT2D eigenvalue weighted by Gasteiger charge is -2.44. The molecular weight excluding hydrogens is 388 g/mol. The number of carboxylic acid groups (broad SMARTS) is 1. The van der Waals surface area contributed by atoms with E-state index in [1.807, 2.05) is 11.0 Å². The summed E-state index contributed by atoms with van der Waals surface area (Å²) in [5.41, 5.74) is 0.533. The number of urea groups is 1. The Balaban J connectivity index is 1.18. The quantitative estimate of drug-likeness (QED) is 0.783. The predicted molar refractivity (Wildman–Crippen MR) is 107 cm³/mol. The Kier molecular flexibility index (Phi) is 5.90. The topological polar surface area (TPSA) is 113 Å². The number of anilines is 1. The number of amides is 3. The van der Waals surface area contributed by atoms with Crippen molar-refractivity contribution in [1.82, 2.24) is 19.7 Å². The standard InChI is InChI=1S/C20H26N6O4/c21-10-15-3-4-18(22-11-15)23-6-8-24(9-7-23)19(27)25-12-17(13-25)30-14-16-2-1-5-26(16)20(28)29/h3-4,11,16-17H,1-2,5-9,12-14H2,(H,28,29)/t16-/m0/s1. The van der Waals surface area contributed by atoms with E-state index in [1.54, 1.807) is 17.2 Å². The molecular formula is C20H26N6O4. The van der Waals surface area contributed by atoms with Gasteiger partial charge in [-0.15, -0.1) is 0 Å². The molecule has 3 aliphatic rings. The van der Waals surface area contributed by atoms with Crippen LogP contribution in [0.3, 0.4) is 0 Å². The van der Waals surface area contributed by atoms with Crippen LogP contribution in [0.4, 0.5) is 15.4 Å². The lowest BCUT2D eigenvalue weighted by Crippen LogP contribution is -2.61. The summed E-state index contributed by atoms with van der Waals surface area (Å²) >= 11 is 0. The number of nitrogens with zero attached hydrogens (tertiary/aromatic N) is 6. The fourth-order valence-electron chi connectivity index (χ4n) is 4.17. The van der Waals surface area contributed by atoms with E-state index >= 15 is 0 Å². The Bertz CT molecular complexity index is 812. The minimum absolute atomic E-state index is 0.0191. The zero-order valence-electron chi connectivity index (χ0n) is 16.8. The first kappa shape index (κ1) is 20.2. The predicted octanol–water partition coefficient (Wildman–Crippen LogP) is 1.04. The summed E-state index contributed by atoms with van der Waals surface area (Å²) in [6.45, 7) is 4.72. The number of nitriles is 1. The molecule has 0 bridgehead atoms. The van der Waals surface area contributed by atoms with Crippen LogP contribution in [-0.2, 0) is 4.74 Å². The lowest BCUT2D eigenvalue weighted by atomic mass is 10.1. The van der Waals surface area contributed by atoms with E-state index in [9.17, 15) is 14.7 Å². The van der Waals surface area contributed by atoms with Gasteiger partial charge in [-0.3, -0.25) is 0 Å². The maximum Gasteiger partial charge on any atom is 0.407 e. The van der Waals surface area contributed by atoms with Gasteiger partial charge in [-0.05, 0) is 25.0 Å². The van der Waals surface area contributed by atoms with Gasteiger partial charge < -0.3 is 29.4 Å². The maximum atomic E-state index is 12.7. The molecule has 0 unspecified atom stereocenters. The number of carbonyl (C=O) groups excluding carboxylic acids is 1. The number of carbonyl (C=O) groups is 2. The number of hydrogen-bond donors (Lipinski definition) is 1. The molecule has 3 fully saturated rings. The molecule has 1 N–H and O–H groups in total. The van der Waals surface area contributed by atoms with E-state index in [0.717, 1.165) is 18.7 Å². The molecule has 0 aromatic carbocycles. The molecule has 30 heavy (non-hydrogen) atoms. The molecule has 4 rings (SSSR count). The van der Waals surface area contributed by atoms with Gasteiger partial charge in [-0.1, -0.05) is 0 Å². The van der Waals surface area contributed by atoms with Crippen LogP contribution in [0, 0.1) is 11.3 Å². The van der Waals surface area contributed by atoms with Gasteiger partial charge in [0.05, 0.1) is 37.4 Å². The van der Waals surface area contributed by atoms with E-state index < -0.39 is 6.09 Å². The smallest absolute Gasteiger partial charge is 0.407 e. The number of rotatable bonds is 4. The Morgan fingerprint density at radius 3 is 2.57 bits per heavy atom. The van der Waals surface area contributed by atoms with Gasteiger partial charge >= 0.3 is 12.1 Å². The minimum Gasteiger partial charge on any atom is -0.465 e. The normalized spacial score (nSPS) is 22.0. The number of hydrogen-bond acceptors (Lipinski definition) is 6. The maximum absolute atomic E-state index is 12.7. The zero-order valence-corrected chi connectivity index (χ0v) is 16.8. The molecule has 3 aliphatic heterocycles. The average molecular weight is 414 g/mol. The Labute approximate surface area is 175 Å². The second kappa shape index (κ2) is 8.75. The first-order valence-corrected chi connectivity index (χ1v) is 10.3. The summed E-state index contributed by atoms with van der Waals surface area (Å²) in [6, 6.07) is 5.60. The van der Waals surface area contributed by atoms with Gasteiger partial charge in [-0.2, -0.15) is 5.26 Å². The largest absolute Gasteiger partial charge is 0.465 e. The number of piperazine rings is 1. The third kappa shape index (κ3) is 4.26. The number of ether oxygens (including phenoxy) is 1. The van der Waals surface area contributed by atoms with Crippen molar-refractivity contribution in [3.63, 3.8) is 0 Å². The summed E-state index contributed by atoms with van der Waals surface area (Å²) in [4.78, 5) is 35.4. The Morgan fingerprint density at radius 1 is 1.17 bits per heavy atom.